The van der Waals surface area contributed by atoms with Gasteiger partial charge in [-0.3, -0.25) is 9.69 Å². The van der Waals surface area contributed by atoms with E-state index in [4.69, 9.17) is 11.5 Å². The first-order valence-electron chi connectivity index (χ1n) is 6.48. The minimum atomic E-state index is -0.270. The summed E-state index contributed by atoms with van der Waals surface area (Å²) in [5.74, 6) is 2.30. The second-order valence-corrected chi connectivity index (χ2v) is 4.61. The third-order valence-electron chi connectivity index (χ3n) is 3.30. The molecule has 1 rings (SSSR count). The molecule has 1 heterocycles. The van der Waals surface area contributed by atoms with Crippen LogP contribution >= 0.6 is 0 Å². The number of amides is 1. The van der Waals surface area contributed by atoms with Crippen LogP contribution in [-0.4, -0.2) is 60.8 Å². The first-order chi connectivity index (χ1) is 8.69. The number of aliphatic hydroxyl groups excluding tert-OH is 1. The highest BCUT2D eigenvalue weighted by Gasteiger charge is 2.24. The van der Waals surface area contributed by atoms with Gasteiger partial charge in [-0.15, -0.1) is 6.42 Å². The lowest BCUT2D eigenvalue weighted by Crippen LogP contribution is -2.50. The molecule has 2 unspecified atom stereocenters. The van der Waals surface area contributed by atoms with Crippen LogP contribution in [0.4, 0.5) is 0 Å². The third-order valence-corrected chi connectivity index (χ3v) is 3.30. The van der Waals surface area contributed by atoms with Crippen LogP contribution < -0.4 is 10.6 Å². The average Bonchev–Trinajstić information content (AvgIpc) is 2.87. The van der Waals surface area contributed by atoms with Gasteiger partial charge in [-0.1, -0.05) is 5.92 Å². The van der Waals surface area contributed by atoms with Gasteiger partial charge in [-0.2, -0.15) is 0 Å². The summed E-state index contributed by atoms with van der Waals surface area (Å²) < 4.78 is 0. The summed E-state index contributed by atoms with van der Waals surface area (Å²) in [4.78, 5) is 13.8. The number of terminal acetylenes is 1. The van der Waals surface area contributed by atoms with E-state index >= 15 is 0 Å². The lowest BCUT2D eigenvalue weighted by molar-refractivity contribution is -0.125. The van der Waals surface area contributed by atoms with Crippen molar-refractivity contribution in [2.75, 3.05) is 32.8 Å². The van der Waals surface area contributed by atoms with Crippen molar-refractivity contribution in [3.05, 3.63) is 0 Å². The molecule has 0 aromatic heterocycles. The van der Waals surface area contributed by atoms with Gasteiger partial charge in [0, 0.05) is 19.1 Å². The Morgan fingerprint density at radius 2 is 2.50 bits per heavy atom. The standard InChI is InChI=1S/C13H23N3O2/c1-3-6-15-13(18)11(2)16(8-9-17)10-12-5-4-7-14-12/h1,11-12,14,17H,4-10H2,2H3,(H,15,18). The molecular weight excluding hydrogens is 230 g/mol. The van der Waals surface area contributed by atoms with E-state index in [9.17, 15) is 4.79 Å². The van der Waals surface area contributed by atoms with Crippen LogP contribution in [0.3, 0.4) is 0 Å². The minimum absolute atomic E-state index is 0.0550. The normalized spacial score (nSPS) is 20.7. The van der Waals surface area contributed by atoms with E-state index in [0.717, 1.165) is 19.5 Å². The molecule has 18 heavy (non-hydrogen) atoms. The topological polar surface area (TPSA) is 64.6 Å². The SMILES string of the molecule is C#CCNC(=O)C(C)N(CCO)CC1CCCN1. The Hall–Kier alpha value is -1.09. The third kappa shape index (κ3) is 4.65. The molecule has 1 aliphatic rings. The van der Waals surface area contributed by atoms with E-state index in [1.165, 1.54) is 6.42 Å². The molecule has 1 amide bonds. The minimum Gasteiger partial charge on any atom is -0.395 e. The number of hydrogen-bond acceptors (Lipinski definition) is 4. The monoisotopic (exact) mass is 253 g/mol. The van der Waals surface area contributed by atoms with Gasteiger partial charge < -0.3 is 15.7 Å². The first-order valence-corrected chi connectivity index (χ1v) is 6.48. The van der Waals surface area contributed by atoms with E-state index in [-0.39, 0.29) is 25.1 Å². The summed E-state index contributed by atoms with van der Waals surface area (Å²) in [6, 6.07) is 0.146. The molecule has 1 saturated heterocycles. The molecule has 2 atom stereocenters. The maximum Gasteiger partial charge on any atom is 0.237 e. The van der Waals surface area contributed by atoms with Gasteiger partial charge >= 0.3 is 0 Å². The molecular formula is C13H23N3O2. The smallest absolute Gasteiger partial charge is 0.237 e. The molecule has 1 aliphatic heterocycles. The van der Waals surface area contributed by atoms with Gasteiger partial charge in [0.05, 0.1) is 19.2 Å². The zero-order chi connectivity index (χ0) is 13.4. The summed E-state index contributed by atoms with van der Waals surface area (Å²) in [5.41, 5.74) is 0. The van der Waals surface area contributed by atoms with Crippen LogP contribution in [0.15, 0.2) is 0 Å². The Balaban J connectivity index is 2.48. The van der Waals surface area contributed by atoms with Crippen LogP contribution in [0.25, 0.3) is 0 Å². The van der Waals surface area contributed by atoms with Crippen molar-refractivity contribution >= 4 is 5.91 Å². The molecule has 0 aromatic carbocycles. The largest absolute Gasteiger partial charge is 0.395 e. The second-order valence-electron chi connectivity index (χ2n) is 4.61. The predicted octanol–water partition coefficient (Wildman–Crippen LogP) is -0.829. The molecule has 0 radical (unpaired) electrons. The molecule has 3 N–H and O–H groups in total. The highest BCUT2D eigenvalue weighted by atomic mass is 16.3. The summed E-state index contributed by atoms with van der Waals surface area (Å²) in [5, 5.41) is 15.2. The highest BCUT2D eigenvalue weighted by Crippen LogP contribution is 2.09. The zero-order valence-corrected chi connectivity index (χ0v) is 11.0. The van der Waals surface area contributed by atoms with Crippen molar-refractivity contribution in [3.8, 4) is 12.3 Å². The molecule has 102 valence electrons. The van der Waals surface area contributed by atoms with Crippen LogP contribution in [0, 0.1) is 12.3 Å². The Kier molecular flexibility index (Phi) is 6.73. The Bertz CT molecular complexity index is 295. The quantitative estimate of drug-likeness (QED) is 0.518. The van der Waals surface area contributed by atoms with Crippen LogP contribution in [-0.2, 0) is 4.79 Å². The number of hydrogen-bond donors (Lipinski definition) is 3. The van der Waals surface area contributed by atoms with Crippen LogP contribution in [0.5, 0.6) is 0 Å². The van der Waals surface area contributed by atoms with Gasteiger partial charge in [0.25, 0.3) is 0 Å². The summed E-state index contributed by atoms with van der Waals surface area (Å²) in [6.45, 7) is 4.47. The molecule has 0 aromatic rings. The highest BCUT2D eigenvalue weighted by molar-refractivity contribution is 5.81. The molecule has 0 saturated carbocycles. The van der Waals surface area contributed by atoms with Crippen LogP contribution in [0.1, 0.15) is 19.8 Å². The lowest BCUT2D eigenvalue weighted by atomic mass is 10.1. The van der Waals surface area contributed by atoms with Crippen molar-refractivity contribution in [1.82, 2.24) is 15.5 Å². The van der Waals surface area contributed by atoms with E-state index in [2.05, 4.69) is 16.6 Å². The summed E-state index contributed by atoms with van der Waals surface area (Å²) in [7, 11) is 0. The summed E-state index contributed by atoms with van der Waals surface area (Å²) in [6.07, 6.45) is 7.42. The van der Waals surface area contributed by atoms with Gasteiger partial charge in [0.15, 0.2) is 0 Å². The van der Waals surface area contributed by atoms with Crippen molar-refractivity contribution in [2.45, 2.75) is 31.8 Å². The van der Waals surface area contributed by atoms with Crippen molar-refractivity contribution < 1.29 is 9.90 Å². The van der Waals surface area contributed by atoms with Crippen molar-refractivity contribution in [1.29, 1.82) is 0 Å². The second kappa shape index (κ2) is 8.09. The fourth-order valence-electron chi connectivity index (χ4n) is 2.22. The van der Waals surface area contributed by atoms with Crippen LogP contribution in [0.2, 0.25) is 0 Å². The maximum atomic E-state index is 11.8. The zero-order valence-electron chi connectivity index (χ0n) is 11.0. The molecule has 0 bridgehead atoms. The maximum absolute atomic E-state index is 11.8. The van der Waals surface area contributed by atoms with Gasteiger partial charge in [0.2, 0.25) is 5.91 Å². The van der Waals surface area contributed by atoms with E-state index < -0.39 is 0 Å². The number of rotatable bonds is 7. The van der Waals surface area contributed by atoms with Gasteiger partial charge in [0.1, 0.15) is 0 Å². The molecule has 0 spiro atoms. The van der Waals surface area contributed by atoms with E-state index in [1.54, 1.807) is 0 Å². The predicted molar refractivity (Wildman–Crippen MR) is 71.0 cm³/mol. The number of nitrogens with zero attached hydrogens (tertiary/aromatic N) is 1. The fourth-order valence-corrected chi connectivity index (χ4v) is 2.22. The number of nitrogens with one attached hydrogen (secondary N) is 2. The molecule has 1 fully saturated rings. The van der Waals surface area contributed by atoms with E-state index in [1.807, 2.05) is 11.8 Å². The van der Waals surface area contributed by atoms with Crippen molar-refractivity contribution in [3.63, 3.8) is 0 Å². The van der Waals surface area contributed by atoms with Gasteiger partial charge in [-0.25, -0.2) is 0 Å². The molecule has 5 nitrogen and oxygen atoms in total. The fraction of sp³-hybridized carbons (Fsp3) is 0.769. The number of carbonyl (C=O) groups excluding carboxylic acids is 1. The summed E-state index contributed by atoms with van der Waals surface area (Å²) >= 11 is 0. The van der Waals surface area contributed by atoms with Gasteiger partial charge in [-0.05, 0) is 26.3 Å². The average molecular weight is 253 g/mol. The van der Waals surface area contributed by atoms with E-state index in [0.29, 0.717) is 12.6 Å². The number of carbonyl (C=O) groups is 1. The number of aliphatic hydroxyl groups is 1. The molecule has 0 aliphatic carbocycles. The first kappa shape index (κ1) is 15.0. The Morgan fingerprint density at radius 1 is 1.72 bits per heavy atom. The van der Waals surface area contributed by atoms with Crippen molar-refractivity contribution in [2.24, 2.45) is 0 Å². The Labute approximate surface area is 109 Å². The lowest BCUT2D eigenvalue weighted by Gasteiger charge is -2.29. The molecule has 5 heteroatoms. The Morgan fingerprint density at radius 3 is 3.06 bits per heavy atom.